The zero-order valence-corrected chi connectivity index (χ0v) is 20.2. The minimum Gasteiger partial charge on any atom is -0.507 e. The van der Waals surface area contributed by atoms with Gasteiger partial charge >= 0.3 is 5.97 Å². The summed E-state index contributed by atoms with van der Waals surface area (Å²) in [4.78, 5) is 50.1. The van der Waals surface area contributed by atoms with Gasteiger partial charge in [-0.2, -0.15) is 0 Å². The first kappa shape index (κ1) is 25.3. The van der Waals surface area contributed by atoms with Gasteiger partial charge in [-0.15, -0.1) is 0 Å². The molecule has 188 valence electrons. The molecule has 1 fully saturated rings. The minimum absolute atomic E-state index is 0.0639. The Morgan fingerprint density at radius 3 is 2.32 bits per heavy atom. The number of hydrogen-bond acceptors (Lipinski definition) is 7. The molecule has 0 radical (unpaired) electrons. The molecule has 0 saturated carbocycles. The van der Waals surface area contributed by atoms with Gasteiger partial charge in [-0.3, -0.25) is 29.4 Å². The number of nitro benzene ring substituents is 1. The van der Waals surface area contributed by atoms with E-state index in [4.69, 9.17) is 4.74 Å². The first-order valence-corrected chi connectivity index (χ1v) is 11.6. The van der Waals surface area contributed by atoms with E-state index in [1.807, 2.05) is 19.1 Å². The van der Waals surface area contributed by atoms with Crippen molar-refractivity contribution >= 4 is 34.8 Å². The van der Waals surface area contributed by atoms with E-state index in [1.165, 1.54) is 29.2 Å². The van der Waals surface area contributed by atoms with E-state index in [9.17, 15) is 29.6 Å². The number of Topliss-reactive ketones (excluding diaryl/α,β-unsaturated/α-hetero) is 1. The molecule has 4 rings (SSSR count). The second kappa shape index (κ2) is 10.4. The Kier molecular flexibility index (Phi) is 7.15. The van der Waals surface area contributed by atoms with Crippen LogP contribution in [0, 0.1) is 17.0 Å². The number of amides is 1. The highest BCUT2D eigenvalue weighted by atomic mass is 16.6. The van der Waals surface area contributed by atoms with Crippen molar-refractivity contribution < 1.29 is 29.2 Å². The minimum atomic E-state index is -0.939. The van der Waals surface area contributed by atoms with Gasteiger partial charge < -0.3 is 9.84 Å². The molecule has 1 aliphatic heterocycles. The highest BCUT2D eigenvalue weighted by Gasteiger charge is 2.47. The summed E-state index contributed by atoms with van der Waals surface area (Å²) in [5.41, 5.74) is 2.46. The van der Waals surface area contributed by atoms with Crippen LogP contribution in [-0.4, -0.2) is 34.3 Å². The third-order valence-electron chi connectivity index (χ3n) is 6.02. The number of aryl methyl sites for hydroxylation is 1. The van der Waals surface area contributed by atoms with Crippen molar-refractivity contribution in [3.05, 3.63) is 111 Å². The molecule has 1 N–H and O–H groups in total. The van der Waals surface area contributed by atoms with E-state index >= 15 is 0 Å². The van der Waals surface area contributed by atoms with Crippen LogP contribution in [0.5, 0.6) is 0 Å². The number of aliphatic hydroxyl groups excluding tert-OH is 1. The number of hydrogen-bond donors (Lipinski definition) is 1. The normalized spacial score (nSPS) is 16.6. The summed E-state index contributed by atoms with van der Waals surface area (Å²) in [5.74, 6) is -2.51. The number of non-ortho nitro benzene ring substituents is 1. The standard InChI is InChI=1S/C28H24N2O7/c1-3-37-23(31)16-18-7-11-21(12-8-18)29-25(20-6-4-5-17(2)15-20)24(27(33)28(29)34)26(32)19-9-13-22(14-10-19)30(35)36/h4-15,25,32H,3,16H2,1-2H3/b26-24-. The zero-order chi connectivity index (χ0) is 26.7. The summed E-state index contributed by atoms with van der Waals surface area (Å²) >= 11 is 0. The molecule has 0 spiro atoms. The number of ether oxygens (including phenoxy) is 1. The molecule has 3 aromatic carbocycles. The van der Waals surface area contributed by atoms with E-state index in [-0.39, 0.29) is 35.8 Å². The van der Waals surface area contributed by atoms with Crippen molar-refractivity contribution in [3.8, 4) is 0 Å². The number of anilines is 1. The second-order valence-electron chi connectivity index (χ2n) is 8.54. The molecule has 0 aliphatic carbocycles. The molecule has 0 aromatic heterocycles. The summed E-state index contributed by atoms with van der Waals surface area (Å²) in [7, 11) is 0. The number of carbonyl (C=O) groups is 3. The van der Waals surface area contributed by atoms with Gasteiger partial charge in [0.1, 0.15) is 5.76 Å². The Hall–Kier alpha value is -4.79. The molecule has 3 aromatic rings. The summed E-state index contributed by atoms with van der Waals surface area (Å²) in [5, 5.41) is 22.2. The molecule has 1 unspecified atom stereocenters. The van der Waals surface area contributed by atoms with Crippen LogP contribution in [0.4, 0.5) is 11.4 Å². The topological polar surface area (TPSA) is 127 Å². The summed E-state index contributed by atoms with van der Waals surface area (Å²) in [6, 6.07) is 18.0. The fourth-order valence-electron chi connectivity index (χ4n) is 4.30. The van der Waals surface area contributed by atoms with E-state index in [1.54, 1.807) is 43.3 Å². The number of nitrogens with zero attached hydrogens (tertiary/aromatic N) is 2. The van der Waals surface area contributed by atoms with Gasteiger partial charge in [0, 0.05) is 23.4 Å². The van der Waals surface area contributed by atoms with Crippen molar-refractivity contribution in [2.75, 3.05) is 11.5 Å². The van der Waals surface area contributed by atoms with Gasteiger partial charge in [0.2, 0.25) is 0 Å². The summed E-state index contributed by atoms with van der Waals surface area (Å²) in [6.45, 7) is 3.86. The monoisotopic (exact) mass is 500 g/mol. The third-order valence-corrected chi connectivity index (χ3v) is 6.02. The number of esters is 1. The first-order chi connectivity index (χ1) is 17.7. The van der Waals surface area contributed by atoms with Crippen LogP contribution in [0.15, 0.2) is 78.4 Å². The van der Waals surface area contributed by atoms with Crippen LogP contribution >= 0.6 is 0 Å². The molecule has 1 aliphatic rings. The third kappa shape index (κ3) is 5.11. The number of ketones is 1. The maximum absolute atomic E-state index is 13.3. The van der Waals surface area contributed by atoms with Gasteiger partial charge in [0.15, 0.2) is 0 Å². The number of rotatable bonds is 7. The molecule has 37 heavy (non-hydrogen) atoms. The Bertz CT molecular complexity index is 1410. The van der Waals surface area contributed by atoms with E-state index < -0.39 is 28.4 Å². The Balaban J connectivity index is 1.81. The van der Waals surface area contributed by atoms with Gasteiger partial charge in [-0.05, 0) is 49.2 Å². The highest BCUT2D eigenvalue weighted by Crippen LogP contribution is 2.42. The molecule has 1 heterocycles. The number of nitro groups is 1. The van der Waals surface area contributed by atoms with Crippen molar-refractivity contribution in [2.24, 2.45) is 0 Å². The van der Waals surface area contributed by atoms with Crippen LogP contribution < -0.4 is 4.90 Å². The molecule has 9 nitrogen and oxygen atoms in total. The Labute approximate surface area is 212 Å². The summed E-state index contributed by atoms with van der Waals surface area (Å²) < 4.78 is 4.98. The van der Waals surface area contributed by atoms with Crippen LogP contribution in [0.1, 0.15) is 35.2 Å². The molecular weight excluding hydrogens is 476 g/mol. The van der Waals surface area contributed by atoms with Crippen LogP contribution in [0.25, 0.3) is 5.76 Å². The van der Waals surface area contributed by atoms with Crippen LogP contribution in [0.3, 0.4) is 0 Å². The number of benzene rings is 3. The van der Waals surface area contributed by atoms with Crippen molar-refractivity contribution in [2.45, 2.75) is 26.3 Å². The molecular formula is C28H24N2O7. The van der Waals surface area contributed by atoms with Crippen molar-refractivity contribution in [3.63, 3.8) is 0 Å². The molecule has 1 atom stereocenters. The van der Waals surface area contributed by atoms with Gasteiger partial charge in [-0.1, -0.05) is 42.0 Å². The quantitative estimate of drug-likeness (QED) is 0.125. The van der Waals surface area contributed by atoms with Crippen molar-refractivity contribution in [1.29, 1.82) is 0 Å². The van der Waals surface area contributed by atoms with Gasteiger partial charge in [0.05, 0.1) is 29.6 Å². The average molecular weight is 501 g/mol. The molecule has 1 saturated heterocycles. The van der Waals surface area contributed by atoms with Gasteiger partial charge in [0.25, 0.3) is 17.4 Å². The largest absolute Gasteiger partial charge is 0.507 e. The highest BCUT2D eigenvalue weighted by molar-refractivity contribution is 6.51. The smallest absolute Gasteiger partial charge is 0.310 e. The van der Waals surface area contributed by atoms with Gasteiger partial charge in [-0.25, -0.2) is 0 Å². The molecule has 9 heteroatoms. The Morgan fingerprint density at radius 2 is 1.73 bits per heavy atom. The summed E-state index contributed by atoms with van der Waals surface area (Å²) in [6.07, 6.45) is 0.0639. The van der Waals surface area contributed by atoms with E-state index in [2.05, 4.69) is 0 Å². The predicted molar refractivity (Wildman–Crippen MR) is 136 cm³/mol. The maximum Gasteiger partial charge on any atom is 0.310 e. The zero-order valence-electron chi connectivity index (χ0n) is 20.2. The lowest BCUT2D eigenvalue weighted by Crippen LogP contribution is -2.29. The number of carbonyl (C=O) groups excluding carboxylic acids is 3. The van der Waals surface area contributed by atoms with Crippen LogP contribution in [-0.2, 0) is 25.5 Å². The van der Waals surface area contributed by atoms with Crippen LogP contribution in [0.2, 0.25) is 0 Å². The van der Waals surface area contributed by atoms with Crippen molar-refractivity contribution in [1.82, 2.24) is 0 Å². The Morgan fingerprint density at radius 1 is 1.05 bits per heavy atom. The SMILES string of the molecule is CCOC(=O)Cc1ccc(N2C(=O)C(=O)/C(=C(\O)c3ccc([N+](=O)[O-])cc3)C2c2cccc(C)c2)cc1. The first-order valence-electron chi connectivity index (χ1n) is 11.6. The molecule has 0 bridgehead atoms. The lowest BCUT2D eigenvalue weighted by Gasteiger charge is -2.26. The molecule has 1 amide bonds. The number of aliphatic hydroxyl groups is 1. The maximum atomic E-state index is 13.3. The second-order valence-corrected chi connectivity index (χ2v) is 8.54. The predicted octanol–water partition coefficient (Wildman–Crippen LogP) is 4.64. The lowest BCUT2D eigenvalue weighted by atomic mass is 9.94. The fraction of sp³-hybridized carbons (Fsp3) is 0.179. The fourth-order valence-corrected chi connectivity index (χ4v) is 4.30. The average Bonchev–Trinajstić information content (AvgIpc) is 3.14. The van der Waals surface area contributed by atoms with E-state index in [0.717, 1.165) is 5.56 Å². The van der Waals surface area contributed by atoms with E-state index in [0.29, 0.717) is 16.8 Å². The lowest BCUT2D eigenvalue weighted by molar-refractivity contribution is -0.384.